The lowest BCUT2D eigenvalue weighted by molar-refractivity contribution is 0.198. The van der Waals surface area contributed by atoms with Gasteiger partial charge in [0.15, 0.2) is 0 Å². The minimum absolute atomic E-state index is 0.0331. The summed E-state index contributed by atoms with van der Waals surface area (Å²) in [5.41, 5.74) is 2.02. The summed E-state index contributed by atoms with van der Waals surface area (Å²) >= 11 is 0. The zero-order valence-electron chi connectivity index (χ0n) is 14.5. The summed E-state index contributed by atoms with van der Waals surface area (Å²) in [5.74, 6) is 0. The highest BCUT2D eigenvalue weighted by Gasteiger charge is 2.19. The number of para-hydroxylation sites is 1. The molecule has 5 heteroatoms. The molecule has 3 rings (SSSR count). The Hall–Kier alpha value is -2.14. The summed E-state index contributed by atoms with van der Waals surface area (Å²) in [4.78, 5) is 20.9. The number of rotatable bonds is 5. The summed E-state index contributed by atoms with van der Waals surface area (Å²) in [6.07, 6.45) is 4.39. The first-order valence-electron chi connectivity index (χ1n) is 8.70. The van der Waals surface area contributed by atoms with Gasteiger partial charge < -0.3 is 10.2 Å². The Morgan fingerprint density at radius 1 is 1.33 bits per heavy atom. The van der Waals surface area contributed by atoms with Crippen molar-refractivity contribution >= 4 is 16.9 Å². The van der Waals surface area contributed by atoms with Gasteiger partial charge in [-0.15, -0.1) is 0 Å². The van der Waals surface area contributed by atoms with Gasteiger partial charge in [0.25, 0.3) is 0 Å². The van der Waals surface area contributed by atoms with E-state index in [0.717, 1.165) is 29.6 Å². The van der Waals surface area contributed by atoms with E-state index in [1.807, 2.05) is 37.5 Å². The number of likely N-dealkylation sites (tertiary alicyclic amines) is 1. The van der Waals surface area contributed by atoms with Crippen LogP contribution in [0.1, 0.15) is 25.3 Å². The number of nitrogens with one attached hydrogen (secondary N) is 1. The van der Waals surface area contributed by atoms with Crippen LogP contribution >= 0.6 is 0 Å². The Balaban J connectivity index is 1.52. The SMILES string of the molecule is CC(CNC(=O)N(C)Cc1cnc2ccccc2c1)N1CCCC1. The van der Waals surface area contributed by atoms with Gasteiger partial charge in [-0.1, -0.05) is 18.2 Å². The fourth-order valence-electron chi connectivity index (χ4n) is 3.23. The van der Waals surface area contributed by atoms with Crippen LogP contribution in [0, 0.1) is 0 Å². The molecule has 5 nitrogen and oxygen atoms in total. The zero-order chi connectivity index (χ0) is 16.9. The van der Waals surface area contributed by atoms with E-state index in [9.17, 15) is 4.79 Å². The van der Waals surface area contributed by atoms with Crippen LogP contribution in [-0.4, -0.2) is 53.5 Å². The van der Waals surface area contributed by atoms with Gasteiger partial charge >= 0.3 is 6.03 Å². The molecule has 2 heterocycles. The largest absolute Gasteiger partial charge is 0.336 e. The monoisotopic (exact) mass is 326 g/mol. The van der Waals surface area contributed by atoms with Gasteiger partial charge in [0.1, 0.15) is 0 Å². The molecule has 1 atom stereocenters. The Labute approximate surface area is 143 Å². The number of amides is 2. The van der Waals surface area contributed by atoms with Gasteiger partial charge in [0.2, 0.25) is 0 Å². The maximum Gasteiger partial charge on any atom is 0.317 e. The van der Waals surface area contributed by atoms with E-state index in [1.54, 1.807) is 4.90 Å². The number of urea groups is 1. The van der Waals surface area contributed by atoms with Crippen molar-refractivity contribution in [1.29, 1.82) is 0 Å². The fraction of sp³-hybridized carbons (Fsp3) is 0.474. The molecular weight excluding hydrogens is 300 g/mol. The first kappa shape index (κ1) is 16.7. The summed E-state index contributed by atoms with van der Waals surface area (Å²) in [7, 11) is 1.82. The first-order valence-corrected chi connectivity index (χ1v) is 8.70. The van der Waals surface area contributed by atoms with Crippen LogP contribution in [-0.2, 0) is 6.54 Å². The average Bonchev–Trinajstić information content (AvgIpc) is 3.14. The highest BCUT2D eigenvalue weighted by Crippen LogP contribution is 2.14. The van der Waals surface area contributed by atoms with Crippen molar-refractivity contribution < 1.29 is 4.79 Å². The fourth-order valence-corrected chi connectivity index (χ4v) is 3.23. The molecule has 1 unspecified atom stereocenters. The van der Waals surface area contributed by atoms with E-state index >= 15 is 0 Å². The summed E-state index contributed by atoms with van der Waals surface area (Å²) < 4.78 is 0. The van der Waals surface area contributed by atoms with Crippen LogP contribution in [0.2, 0.25) is 0 Å². The molecule has 1 saturated heterocycles. The van der Waals surface area contributed by atoms with E-state index in [2.05, 4.69) is 28.2 Å². The van der Waals surface area contributed by atoms with Crippen LogP contribution in [0.4, 0.5) is 4.79 Å². The van der Waals surface area contributed by atoms with Gasteiger partial charge in [-0.05, 0) is 50.6 Å². The zero-order valence-corrected chi connectivity index (χ0v) is 14.5. The molecule has 0 radical (unpaired) electrons. The Morgan fingerprint density at radius 3 is 2.88 bits per heavy atom. The van der Waals surface area contributed by atoms with E-state index in [1.165, 1.54) is 12.8 Å². The standard InChI is InChI=1S/C19H26N4O/c1-15(23-9-5-6-10-23)12-21-19(24)22(2)14-16-11-17-7-3-4-8-18(17)20-13-16/h3-4,7-8,11,13,15H,5-6,9-10,12,14H2,1-2H3,(H,21,24). The third-order valence-electron chi connectivity index (χ3n) is 4.73. The molecule has 2 amide bonds. The molecule has 0 saturated carbocycles. The predicted octanol–water partition coefficient (Wildman–Crippen LogP) is 2.86. The second-order valence-electron chi connectivity index (χ2n) is 6.67. The normalized spacial score (nSPS) is 16.2. The lowest BCUT2D eigenvalue weighted by atomic mass is 10.1. The third kappa shape index (κ3) is 4.03. The smallest absolute Gasteiger partial charge is 0.317 e. The van der Waals surface area contributed by atoms with Crippen molar-refractivity contribution in [1.82, 2.24) is 20.1 Å². The molecule has 128 valence electrons. The van der Waals surface area contributed by atoms with Crippen LogP contribution in [0.5, 0.6) is 0 Å². The lowest BCUT2D eigenvalue weighted by Crippen LogP contribution is -2.44. The molecular formula is C19H26N4O. The van der Waals surface area contributed by atoms with Gasteiger partial charge in [0.05, 0.1) is 5.52 Å². The minimum Gasteiger partial charge on any atom is -0.336 e. The molecule has 1 aliphatic rings. The molecule has 1 aromatic heterocycles. The summed E-state index contributed by atoms with van der Waals surface area (Å²) in [6.45, 7) is 5.73. The number of carbonyl (C=O) groups excluding carboxylic acids is 1. The third-order valence-corrected chi connectivity index (χ3v) is 4.73. The quantitative estimate of drug-likeness (QED) is 0.919. The van der Waals surface area contributed by atoms with E-state index < -0.39 is 0 Å². The topological polar surface area (TPSA) is 48.5 Å². The molecule has 2 aromatic rings. The van der Waals surface area contributed by atoms with Crippen LogP contribution in [0.25, 0.3) is 10.9 Å². The minimum atomic E-state index is -0.0331. The summed E-state index contributed by atoms with van der Waals surface area (Å²) in [5, 5.41) is 4.14. The number of pyridine rings is 1. The van der Waals surface area contributed by atoms with Crippen molar-refractivity contribution in [2.24, 2.45) is 0 Å². The van der Waals surface area contributed by atoms with Crippen LogP contribution < -0.4 is 5.32 Å². The number of aromatic nitrogens is 1. The molecule has 1 N–H and O–H groups in total. The van der Waals surface area contributed by atoms with Crippen molar-refractivity contribution in [3.8, 4) is 0 Å². The van der Waals surface area contributed by atoms with Gasteiger partial charge in [-0.2, -0.15) is 0 Å². The molecule has 0 aliphatic carbocycles. The number of carbonyl (C=O) groups is 1. The van der Waals surface area contributed by atoms with Crippen molar-refractivity contribution in [2.75, 3.05) is 26.7 Å². The highest BCUT2D eigenvalue weighted by atomic mass is 16.2. The van der Waals surface area contributed by atoms with Crippen LogP contribution in [0.15, 0.2) is 36.5 Å². The first-order chi connectivity index (χ1) is 11.6. The number of hydrogen-bond acceptors (Lipinski definition) is 3. The second kappa shape index (κ2) is 7.62. The van der Waals surface area contributed by atoms with Gasteiger partial charge in [-0.3, -0.25) is 9.88 Å². The second-order valence-corrected chi connectivity index (χ2v) is 6.67. The number of hydrogen-bond donors (Lipinski definition) is 1. The molecule has 1 aliphatic heterocycles. The van der Waals surface area contributed by atoms with Crippen molar-refractivity contribution in [2.45, 2.75) is 32.4 Å². The number of nitrogens with zero attached hydrogens (tertiary/aromatic N) is 3. The average molecular weight is 326 g/mol. The highest BCUT2D eigenvalue weighted by molar-refractivity contribution is 5.79. The van der Waals surface area contributed by atoms with E-state index in [0.29, 0.717) is 19.1 Å². The van der Waals surface area contributed by atoms with Gasteiger partial charge in [-0.25, -0.2) is 4.79 Å². The lowest BCUT2D eigenvalue weighted by Gasteiger charge is -2.25. The molecule has 1 aromatic carbocycles. The van der Waals surface area contributed by atoms with Crippen LogP contribution in [0.3, 0.4) is 0 Å². The molecule has 0 spiro atoms. The van der Waals surface area contributed by atoms with Gasteiger partial charge in [0, 0.05) is 37.8 Å². The molecule has 24 heavy (non-hydrogen) atoms. The van der Waals surface area contributed by atoms with Crippen molar-refractivity contribution in [3.63, 3.8) is 0 Å². The van der Waals surface area contributed by atoms with E-state index in [4.69, 9.17) is 0 Å². The Kier molecular flexibility index (Phi) is 5.30. The Morgan fingerprint density at radius 2 is 2.08 bits per heavy atom. The number of fused-ring (bicyclic) bond motifs is 1. The predicted molar refractivity (Wildman–Crippen MR) is 96.9 cm³/mol. The Bertz CT molecular complexity index is 697. The van der Waals surface area contributed by atoms with E-state index in [-0.39, 0.29) is 6.03 Å². The maximum absolute atomic E-state index is 12.3. The molecule has 1 fully saturated rings. The number of benzene rings is 1. The molecule has 0 bridgehead atoms. The van der Waals surface area contributed by atoms with Crippen molar-refractivity contribution in [3.05, 3.63) is 42.1 Å². The summed E-state index contributed by atoms with van der Waals surface area (Å²) in [6, 6.07) is 10.5. The maximum atomic E-state index is 12.3.